The van der Waals surface area contributed by atoms with E-state index in [1.807, 2.05) is 0 Å². The zero-order chi connectivity index (χ0) is 13.5. The van der Waals surface area contributed by atoms with Crippen molar-refractivity contribution in [3.05, 3.63) is 12.7 Å². The van der Waals surface area contributed by atoms with Gasteiger partial charge in [-0.25, -0.2) is 0 Å². The van der Waals surface area contributed by atoms with Crippen LogP contribution in [-0.2, 0) is 9.36 Å². The molecule has 0 aromatic heterocycles. The van der Waals surface area contributed by atoms with E-state index in [1.165, 1.54) is 0 Å². The van der Waals surface area contributed by atoms with Crippen molar-refractivity contribution >= 4 is 13.6 Å². The Morgan fingerprint density at radius 3 is 2.47 bits per heavy atom. The molecule has 0 aliphatic carbocycles. The number of carboxylic acid groups (broad SMARTS) is 1. The van der Waals surface area contributed by atoms with Crippen LogP contribution in [-0.4, -0.2) is 39.2 Å². The second-order valence-corrected chi connectivity index (χ2v) is 5.40. The lowest BCUT2D eigenvalue weighted by Gasteiger charge is -2.16. The Kier molecular flexibility index (Phi) is 7.26. The first-order valence-electron chi connectivity index (χ1n) is 5.18. The molecule has 0 radical (unpaired) electrons. The zero-order valence-electron chi connectivity index (χ0n) is 9.45. The van der Waals surface area contributed by atoms with Crippen LogP contribution in [0.2, 0.25) is 0 Å². The Morgan fingerprint density at radius 1 is 1.47 bits per heavy atom. The average Bonchev–Trinajstić information content (AvgIpc) is 2.20. The molecule has 6 N–H and O–H groups in total. The molecule has 2 atom stereocenters. The summed E-state index contributed by atoms with van der Waals surface area (Å²) in [4.78, 5) is 28.1. The van der Waals surface area contributed by atoms with Crippen LogP contribution in [0, 0.1) is 0 Å². The highest BCUT2D eigenvalue weighted by Gasteiger charge is 2.24. The number of nitrogens with one attached hydrogen (secondary N) is 1. The van der Waals surface area contributed by atoms with Crippen LogP contribution in [0.5, 0.6) is 0 Å². The van der Waals surface area contributed by atoms with Crippen LogP contribution in [0.1, 0.15) is 19.3 Å². The van der Waals surface area contributed by atoms with Crippen molar-refractivity contribution in [3.63, 3.8) is 0 Å². The van der Waals surface area contributed by atoms with Gasteiger partial charge >= 0.3 is 13.6 Å². The smallest absolute Gasteiger partial charge is 0.346 e. The molecule has 0 saturated carbocycles. The number of carboxylic acids is 1. The molecule has 8 heteroatoms. The molecule has 0 heterocycles. The lowest BCUT2D eigenvalue weighted by atomic mass is 10.1. The second kappa shape index (κ2) is 7.58. The van der Waals surface area contributed by atoms with Gasteiger partial charge in [-0.15, -0.1) is 6.58 Å². The zero-order valence-corrected chi connectivity index (χ0v) is 10.3. The Balaban J connectivity index is 3.74. The van der Waals surface area contributed by atoms with Gasteiger partial charge in [-0.2, -0.15) is 0 Å². The fourth-order valence-electron chi connectivity index (χ4n) is 1.20. The lowest BCUT2D eigenvalue weighted by molar-refractivity contribution is -0.138. The summed E-state index contributed by atoms with van der Waals surface area (Å²) in [5.41, 5.74) is 5.29. The highest BCUT2D eigenvalue weighted by molar-refractivity contribution is 7.52. The molecule has 0 aromatic carbocycles. The average molecular weight is 266 g/mol. The maximum absolute atomic E-state index is 10.9. The SMILES string of the molecule is C=CC(NCCCC[C@H](N)C(=O)O)P(=O)(O)O. The third kappa shape index (κ3) is 7.25. The van der Waals surface area contributed by atoms with Crippen LogP contribution in [0.25, 0.3) is 0 Å². The number of aliphatic carboxylic acids is 1. The van der Waals surface area contributed by atoms with Gasteiger partial charge < -0.3 is 25.9 Å². The maximum Gasteiger partial charge on any atom is 0.346 e. The Morgan fingerprint density at radius 2 is 2.06 bits per heavy atom. The predicted molar refractivity (Wildman–Crippen MR) is 63.5 cm³/mol. The molecule has 0 amide bonds. The monoisotopic (exact) mass is 266 g/mol. The fourth-order valence-corrected chi connectivity index (χ4v) is 1.84. The molecule has 0 aliphatic rings. The first kappa shape index (κ1) is 16.3. The van der Waals surface area contributed by atoms with E-state index in [0.29, 0.717) is 25.8 Å². The Hall–Kier alpha value is -0.720. The second-order valence-electron chi connectivity index (χ2n) is 3.66. The summed E-state index contributed by atoms with van der Waals surface area (Å²) >= 11 is 0. The van der Waals surface area contributed by atoms with Gasteiger partial charge in [0.2, 0.25) is 0 Å². The topological polar surface area (TPSA) is 133 Å². The molecule has 0 aromatic rings. The predicted octanol–water partition coefficient (Wildman–Crippen LogP) is -0.152. The number of rotatable bonds is 9. The van der Waals surface area contributed by atoms with Gasteiger partial charge in [0.05, 0.1) is 0 Å². The van der Waals surface area contributed by atoms with Crippen molar-refractivity contribution in [1.29, 1.82) is 0 Å². The van der Waals surface area contributed by atoms with Gasteiger partial charge in [-0.3, -0.25) is 9.36 Å². The molecule has 0 bridgehead atoms. The molecular weight excluding hydrogens is 247 g/mol. The Labute approximate surface area is 99.9 Å². The van der Waals surface area contributed by atoms with E-state index in [2.05, 4.69) is 11.9 Å². The fraction of sp³-hybridized carbons (Fsp3) is 0.667. The van der Waals surface area contributed by atoms with Crippen LogP contribution in [0.4, 0.5) is 0 Å². The molecular formula is C9H19N2O5P. The van der Waals surface area contributed by atoms with Crippen LogP contribution >= 0.6 is 7.60 Å². The molecule has 0 saturated heterocycles. The summed E-state index contributed by atoms with van der Waals surface area (Å²) in [6.07, 6.45) is 2.66. The summed E-state index contributed by atoms with van der Waals surface area (Å²) in [5.74, 6) is -2.10. The first-order valence-corrected chi connectivity index (χ1v) is 6.86. The minimum absolute atomic E-state index is 0.339. The summed E-state index contributed by atoms with van der Waals surface area (Å²) < 4.78 is 10.9. The highest BCUT2D eigenvalue weighted by atomic mass is 31.2. The van der Waals surface area contributed by atoms with Crippen LogP contribution in [0.15, 0.2) is 12.7 Å². The molecule has 1 unspecified atom stereocenters. The van der Waals surface area contributed by atoms with E-state index in [-0.39, 0.29) is 0 Å². The number of nitrogens with two attached hydrogens (primary N) is 1. The third-order valence-electron chi connectivity index (χ3n) is 2.20. The third-order valence-corrected chi connectivity index (χ3v) is 3.32. The van der Waals surface area contributed by atoms with E-state index < -0.39 is 25.4 Å². The molecule has 0 spiro atoms. The minimum atomic E-state index is -4.21. The van der Waals surface area contributed by atoms with Crippen molar-refractivity contribution in [2.24, 2.45) is 5.73 Å². The van der Waals surface area contributed by atoms with E-state index in [9.17, 15) is 9.36 Å². The normalized spacial score (nSPS) is 15.2. The van der Waals surface area contributed by atoms with Gasteiger partial charge in [-0.05, 0) is 19.4 Å². The lowest BCUT2D eigenvalue weighted by Crippen LogP contribution is -2.31. The van der Waals surface area contributed by atoms with Gasteiger partial charge in [0.1, 0.15) is 11.8 Å². The van der Waals surface area contributed by atoms with Crippen molar-refractivity contribution in [1.82, 2.24) is 5.32 Å². The minimum Gasteiger partial charge on any atom is -0.480 e. The largest absolute Gasteiger partial charge is 0.480 e. The van der Waals surface area contributed by atoms with Crippen LogP contribution < -0.4 is 11.1 Å². The van der Waals surface area contributed by atoms with Crippen molar-refractivity contribution in [3.8, 4) is 0 Å². The molecule has 100 valence electrons. The van der Waals surface area contributed by atoms with Gasteiger partial charge in [0.15, 0.2) is 0 Å². The number of unbranched alkanes of at least 4 members (excludes halogenated alkanes) is 1. The standard InChI is InChI=1S/C9H19N2O5P/c1-2-8(17(14,15)16)11-6-4-3-5-7(10)9(12)13/h2,7-8,11H,1,3-6,10H2,(H,12,13)(H2,14,15,16)/t7-,8?/m0/s1. The van der Waals surface area contributed by atoms with E-state index in [1.54, 1.807) is 0 Å². The summed E-state index contributed by atoms with van der Waals surface area (Å²) in [6.45, 7) is 3.69. The molecule has 0 aliphatic heterocycles. The molecule has 17 heavy (non-hydrogen) atoms. The van der Waals surface area contributed by atoms with Gasteiger partial charge in [0.25, 0.3) is 0 Å². The molecule has 0 fully saturated rings. The van der Waals surface area contributed by atoms with E-state index in [4.69, 9.17) is 20.6 Å². The first-order chi connectivity index (χ1) is 7.79. The number of carbonyl (C=O) groups is 1. The van der Waals surface area contributed by atoms with Crippen molar-refractivity contribution in [2.75, 3.05) is 6.54 Å². The summed E-state index contributed by atoms with van der Waals surface area (Å²) in [5, 5.41) is 11.2. The van der Waals surface area contributed by atoms with Crippen LogP contribution in [0.3, 0.4) is 0 Å². The summed E-state index contributed by atoms with van der Waals surface area (Å²) in [6, 6.07) is -0.882. The van der Waals surface area contributed by atoms with Crippen molar-refractivity contribution < 1.29 is 24.3 Å². The van der Waals surface area contributed by atoms with E-state index in [0.717, 1.165) is 6.08 Å². The maximum atomic E-state index is 10.9. The molecule has 7 nitrogen and oxygen atoms in total. The number of hydrogen-bond donors (Lipinski definition) is 5. The van der Waals surface area contributed by atoms with E-state index >= 15 is 0 Å². The van der Waals surface area contributed by atoms with Gasteiger partial charge in [0, 0.05) is 0 Å². The highest BCUT2D eigenvalue weighted by Crippen LogP contribution is 2.39. The molecule has 0 rings (SSSR count). The van der Waals surface area contributed by atoms with Crippen molar-refractivity contribution in [2.45, 2.75) is 31.1 Å². The number of hydrogen-bond acceptors (Lipinski definition) is 4. The summed E-state index contributed by atoms with van der Waals surface area (Å²) in [7, 11) is -4.21. The Bertz CT molecular complexity index is 304. The van der Waals surface area contributed by atoms with Gasteiger partial charge in [-0.1, -0.05) is 12.5 Å². The quantitative estimate of drug-likeness (QED) is 0.222.